The zero-order valence-corrected chi connectivity index (χ0v) is 13.7. The number of aromatic nitrogens is 3. The molecule has 1 radical (unpaired) electrons. The summed E-state index contributed by atoms with van der Waals surface area (Å²) in [5.41, 5.74) is 3.99. The molecule has 1 aliphatic heterocycles. The maximum Gasteiger partial charge on any atom is 0.322 e. The van der Waals surface area contributed by atoms with Gasteiger partial charge in [-0.3, -0.25) is 9.97 Å². The molecule has 1 aromatic carbocycles. The molecule has 0 fully saturated rings. The van der Waals surface area contributed by atoms with Crippen LogP contribution in [0.4, 0.5) is 0 Å². The normalized spacial score (nSPS) is 15.7. The topological polar surface area (TPSA) is 64.6 Å². The Morgan fingerprint density at radius 3 is 3.14 bits per heavy atom. The first-order chi connectivity index (χ1) is 10.8. The van der Waals surface area contributed by atoms with E-state index in [-0.39, 0.29) is 0 Å². The van der Waals surface area contributed by atoms with E-state index in [1.807, 2.05) is 30.5 Å². The number of hydrogen-bond acceptors (Lipinski definition) is 3. The van der Waals surface area contributed by atoms with Crippen molar-refractivity contribution in [3.05, 3.63) is 47.8 Å². The second-order valence-corrected chi connectivity index (χ2v) is 7.95. The van der Waals surface area contributed by atoms with E-state index in [4.69, 9.17) is 0 Å². The number of H-pyrrole nitrogens is 1. The van der Waals surface area contributed by atoms with E-state index < -0.39 is 11.2 Å². The molecule has 22 heavy (non-hydrogen) atoms. The maximum absolute atomic E-state index is 12.5. The Balaban J connectivity index is 1.57. The van der Waals surface area contributed by atoms with Gasteiger partial charge in [-0.25, -0.2) is 0 Å². The quantitative estimate of drug-likeness (QED) is 0.573. The van der Waals surface area contributed by atoms with Crippen LogP contribution in [0.15, 0.2) is 46.6 Å². The lowest BCUT2D eigenvalue weighted by atomic mass is 10.1. The van der Waals surface area contributed by atoms with Crippen LogP contribution < -0.4 is 0 Å². The third-order valence-electron chi connectivity index (χ3n) is 3.77. The third-order valence-corrected chi connectivity index (χ3v) is 6.25. The lowest BCUT2D eigenvalue weighted by Gasteiger charge is -2.16. The fraction of sp³-hybridized carbons (Fsp3) is 0.250. The molecule has 3 aromatic rings. The largest absolute Gasteiger partial charge is 0.609 e. The van der Waals surface area contributed by atoms with E-state index in [2.05, 4.69) is 21.0 Å². The van der Waals surface area contributed by atoms with Gasteiger partial charge in [0.05, 0.1) is 16.7 Å². The first kappa shape index (κ1) is 14.1. The molecule has 2 aromatic heterocycles. The van der Waals surface area contributed by atoms with Crippen LogP contribution in [0, 0.1) is 0 Å². The van der Waals surface area contributed by atoms with Crippen molar-refractivity contribution in [1.29, 1.82) is 0 Å². The van der Waals surface area contributed by atoms with E-state index in [0.717, 1.165) is 23.1 Å². The SMILES string of the molecule is [O-][S+](Cc1cc2c(cn1)CCC[SH]2)c1nc2ccccc2[nH]1. The molecule has 0 amide bonds. The fourth-order valence-corrected chi connectivity index (χ4v) is 4.80. The van der Waals surface area contributed by atoms with Gasteiger partial charge in [-0.05, 0) is 42.4 Å². The van der Waals surface area contributed by atoms with Crippen LogP contribution in [0.2, 0.25) is 0 Å². The molecule has 113 valence electrons. The van der Waals surface area contributed by atoms with Crippen molar-refractivity contribution in [1.82, 2.24) is 15.0 Å². The minimum absolute atomic E-state index is 0.405. The van der Waals surface area contributed by atoms with Gasteiger partial charge in [0, 0.05) is 22.3 Å². The van der Waals surface area contributed by atoms with Gasteiger partial charge >= 0.3 is 5.16 Å². The lowest BCUT2D eigenvalue weighted by Crippen LogP contribution is -2.09. The van der Waals surface area contributed by atoms with Crippen molar-refractivity contribution < 1.29 is 4.55 Å². The van der Waals surface area contributed by atoms with E-state index in [0.29, 0.717) is 10.9 Å². The average Bonchev–Trinajstić information content (AvgIpc) is 2.99. The van der Waals surface area contributed by atoms with Crippen LogP contribution in [-0.4, -0.2) is 25.3 Å². The molecule has 0 spiro atoms. The van der Waals surface area contributed by atoms with E-state index in [1.54, 1.807) is 0 Å². The number of aryl methyl sites for hydroxylation is 1. The molecule has 1 N–H and O–H groups in total. The van der Waals surface area contributed by atoms with Gasteiger partial charge in [-0.2, -0.15) is 16.7 Å². The number of rotatable bonds is 3. The Hall–Kier alpha value is -1.50. The predicted octanol–water partition coefficient (Wildman–Crippen LogP) is 3.04. The van der Waals surface area contributed by atoms with Crippen LogP contribution >= 0.6 is 11.8 Å². The third kappa shape index (κ3) is 2.74. The Labute approximate surface area is 135 Å². The van der Waals surface area contributed by atoms with Crippen molar-refractivity contribution in [2.24, 2.45) is 0 Å². The number of imidazole rings is 1. The number of fused-ring (bicyclic) bond motifs is 2. The molecule has 1 aliphatic rings. The summed E-state index contributed by atoms with van der Waals surface area (Å²) in [6.45, 7) is 0. The van der Waals surface area contributed by atoms with Crippen molar-refractivity contribution in [3.63, 3.8) is 0 Å². The fourth-order valence-electron chi connectivity index (χ4n) is 2.64. The Kier molecular flexibility index (Phi) is 3.82. The van der Waals surface area contributed by atoms with Gasteiger partial charge in [0.25, 0.3) is 0 Å². The first-order valence-electron chi connectivity index (χ1n) is 7.28. The molecule has 4 rings (SSSR count). The highest BCUT2D eigenvalue weighted by Gasteiger charge is 2.19. The zero-order chi connectivity index (χ0) is 14.9. The summed E-state index contributed by atoms with van der Waals surface area (Å²) < 4.78 is 12.5. The smallest absolute Gasteiger partial charge is 0.322 e. The number of aromatic amines is 1. The minimum atomic E-state index is -1.20. The predicted molar refractivity (Wildman–Crippen MR) is 90.9 cm³/mol. The van der Waals surface area contributed by atoms with Crippen LogP contribution in [0.1, 0.15) is 17.7 Å². The monoisotopic (exact) mass is 330 g/mol. The Morgan fingerprint density at radius 2 is 2.23 bits per heavy atom. The van der Waals surface area contributed by atoms with Crippen LogP contribution in [0.3, 0.4) is 0 Å². The van der Waals surface area contributed by atoms with Crippen molar-refractivity contribution in [2.75, 3.05) is 5.75 Å². The highest BCUT2D eigenvalue weighted by molar-refractivity contribution is 7.99. The van der Waals surface area contributed by atoms with E-state index in [9.17, 15) is 4.55 Å². The number of nitrogens with one attached hydrogen (secondary N) is 1. The molecule has 0 aliphatic carbocycles. The van der Waals surface area contributed by atoms with Gasteiger partial charge < -0.3 is 4.55 Å². The summed E-state index contributed by atoms with van der Waals surface area (Å²) in [7, 11) is 0. The molecular formula is C16H16N3OS2. The number of thiol groups is 1. The van der Waals surface area contributed by atoms with Gasteiger partial charge in [-0.1, -0.05) is 12.1 Å². The van der Waals surface area contributed by atoms with E-state index >= 15 is 0 Å². The molecule has 0 saturated heterocycles. The zero-order valence-electron chi connectivity index (χ0n) is 12.0. The first-order valence-corrected chi connectivity index (χ1v) is 9.68. The number of hydrogen-bond donors (Lipinski definition) is 2. The standard InChI is InChI=1S/C16H16N3OS2/c20-22(16-18-13-5-1-2-6-14(13)19-16)10-12-8-15-11(9-17-12)4-3-7-21-15/h1-2,5-6,8-9,21H,3-4,7,10H2,(H,18,19). The molecule has 3 heterocycles. The number of para-hydroxylation sites is 2. The molecule has 1 atom stereocenters. The van der Waals surface area contributed by atoms with Gasteiger partial charge in [0.15, 0.2) is 5.75 Å². The molecule has 0 saturated carbocycles. The average molecular weight is 330 g/mol. The Morgan fingerprint density at radius 1 is 1.32 bits per heavy atom. The second kappa shape index (κ2) is 5.95. The summed E-state index contributed by atoms with van der Waals surface area (Å²) in [5, 5.41) is 0.526. The number of pyridine rings is 1. The summed E-state index contributed by atoms with van der Waals surface area (Å²) in [6, 6.07) is 9.84. The highest BCUT2D eigenvalue weighted by atomic mass is 32.2. The van der Waals surface area contributed by atoms with Gasteiger partial charge in [0.1, 0.15) is 0 Å². The van der Waals surface area contributed by atoms with E-state index in [1.165, 1.54) is 34.4 Å². The molecule has 6 heteroatoms. The number of nitrogens with zero attached hydrogens (tertiary/aromatic N) is 2. The van der Waals surface area contributed by atoms with Gasteiger partial charge in [-0.15, -0.1) is 0 Å². The molecule has 4 nitrogen and oxygen atoms in total. The summed E-state index contributed by atoms with van der Waals surface area (Å²) in [4.78, 5) is 13.4. The van der Waals surface area contributed by atoms with Crippen LogP contribution in [-0.2, 0) is 23.3 Å². The molecule has 0 bridgehead atoms. The molecule has 1 unspecified atom stereocenters. The van der Waals surface area contributed by atoms with Crippen LogP contribution in [0.25, 0.3) is 11.0 Å². The molecular weight excluding hydrogens is 314 g/mol. The summed E-state index contributed by atoms with van der Waals surface area (Å²) >= 11 is 0.164. The lowest BCUT2D eigenvalue weighted by molar-refractivity contribution is 0.586. The van der Waals surface area contributed by atoms with Crippen molar-refractivity contribution in [2.45, 2.75) is 28.6 Å². The minimum Gasteiger partial charge on any atom is -0.609 e. The highest BCUT2D eigenvalue weighted by Crippen LogP contribution is 2.30. The number of benzene rings is 1. The van der Waals surface area contributed by atoms with Crippen molar-refractivity contribution >= 4 is 34.0 Å². The summed E-state index contributed by atoms with van der Waals surface area (Å²) in [5.74, 6) is 1.62. The Bertz CT molecular complexity index is 785. The second-order valence-electron chi connectivity index (χ2n) is 5.34. The van der Waals surface area contributed by atoms with Crippen LogP contribution in [0.5, 0.6) is 0 Å². The summed E-state index contributed by atoms with van der Waals surface area (Å²) in [6.07, 6.45) is 4.30. The maximum atomic E-state index is 12.5. The van der Waals surface area contributed by atoms with Crippen molar-refractivity contribution in [3.8, 4) is 0 Å². The van der Waals surface area contributed by atoms with Gasteiger partial charge in [0.2, 0.25) is 0 Å².